The largest absolute Gasteiger partial charge is 0.303 e. The molecule has 0 amide bonds. The van der Waals surface area contributed by atoms with Crippen molar-refractivity contribution in [3.05, 3.63) is 34.9 Å². The molecule has 0 bridgehead atoms. The van der Waals surface area contributed by atoms with Crippen molar-refractivity contribution in [3.8, 4) is 0 Å². The van der Waals surface area contributed by atoms with Crippen molar-refractivity contribution in [2.45, 2.75) is 39.5 Å². The lowest BCUT2D eigenvalue weighted by atomic mass is 9.92. The summed E-state index contributed by atoms with van der Waals surface area (Å²) in [6.07, 6.45) is 2.68. The zero-order valence-corrected chi connectivity index (χ0v) is 9.21. The highest BCUT2D eigenvalue weighted by Gasteiger charge is 2.08. The van der Waals surface area contributed by atoms with Crippen LogP contribution in [0.1, 0.15) is 42.9 Å². The van der Waals surface area contributed by atoms with Gasteiger partial charge >= 0.3 is 0 Å². The van der Waals surface area contributed by atoms with Crippen molar-refractivity contribution >= 4 is 6.29 Å². The van der Waals surface area contributed by atoms with Gasteiger partial charge in [0.05, 0.1) is 0 Å². The Balaban J connectivity index is 2.98. The Hall–Kier alpha value is -1.11. The predicted octanol–water partition coefficient (Wildman–Crippen LogP) is 3.25. The second kappa shape index (κ2) is 4.94. The van der Waals surface area contributed by atoms with Crippen molar-refractivity contribution in [1.82, 2.24) is 0 Å². The minimum Gasteiger partial charge on any atom is -0.303 e. The first-order chi connectivity index (χ1) is 6.69. The SMILES string of the molecule is CCc1ccc(C)c(C(C)CC=O)c1. The van der Waals surface area contributed by atoms with Crippen molar-refractivity contribution in [2.75, 3.05) is 0 Å². The minimum absolute atomic E-state index is 0.346. The topological polar surface area (TPSA) is 17.1 Å². The fraction of sp³-hybridized carbons (Fsp3) is 0.462. The van der Waals surface area contributed by atoms with Gasteiger partial charge in [-0.25, -0.2) is 0 Å². The fourth-order valence-corrected chi connectivity index (χ4v) is 1.71. The standard InChI is InChI=1S/C13H18O/c1-4-12-6-5-10(2)13(9-12)11(3)7-8-14/h5-6,8-9,11H,4,7H2,1-3H3. The third-order valence-electron chi connectivity index (χ3n) is 2.73. The normalized spacial score (nSPS) is 12.5. The van der Waals surface area contributed by atoms with Gasteiger partial charge in [-0.2, -0.15) is 0 Å². The maximum atomic E-state index is 10.5. The highest BCUT2D eigenvalue weighted by molar-refractivity contribution is 5.52. The van der Waals surface area contributed by atoms with Crippen LogP contribution in [0.25, 0.3) is 0 Å². The predicted molar refractivity (Wildman–Crippen MR) is 59.7 cm³/mol. The molecule has 1 unspecified atom stereocenters. The van der Waals surface area contributed by atoms with Crippen LogP contribution in [-0.4, -0.2) is 6.29 Å². The van der Waals surface area contributed by atoms with Crippen LogP contribution >= 0.6 is 0 Å². The van der Waals surface area contributed by atoms with Gasteiger partial charge in [0.1, 0.15) is 6.29 Å². The van der Waals surface area contributed by atoms with Crippen LogP contribution in [0.4, 0.5) is 0 Å². The molecule has 76 valence electrons. The van der Waals surface area contributed by atoms with Crippen LogP contribution in [0.2, 0.25) is 0 Å². The highest BCUT2D eigenvalue weighted by atomic mass is 16.1. The first-order valence-corrected chi connectivity index (χ1v) is 5.22. The van der Waals surface area contributed by atoms with E-state index >= 15 is 0 Å². The molecule has 0 saturated heterocycles. The third kappa shape index (κ3) is 2.44. The summed E-state index contributed by atoms with van der Waals surface area (Å²) in [5.74, 6) is 0.346. The van der Waals surface area contributed by atoms with E-state index in [9.17, 15) is 4.79 Å². The van der Waals surface area contributed by atoms with Gasteiger partial charge in [-0.1, -0.05) is 32.0 Å². The smallest absolute Gasteiger partial charge is 0.120 e. The van der Waals surface area contributed by atoms with E-state index in [4.69, 9.17) is 0 Å². The number of benzene rings is 1. The summed E-state index contributed by atoms with van der Waals surface area (Å²) < 4.78 is 0. The number of hydrogen-bond acceptors (Lipinski definition) is 1. The molecule has 0 aromatic heterocycles. The lowest BCUT2D eigenvalue weighted by Gasteiger charge is -2.13. The number of carbonyl (C=O) groups is 1. The Morgan fingerprint density at radius 3 is 2.71 bits per heavy atom. The van der Waals surface area contributed by atoms with Crippen LogP contribution in [0, 0.1) is 6.92 Å². The molecule has 0 aliphatic heterocycles. The van der Waals surface area contributed by atoms with Gasteiger partial charge in [0, 0.05) is 6.42 Å². The van der Waals surface area contributed by atoms with E-state index in [1.165, 1.54) is 16.7 Å². The molecular weight excluding hydrogens is 172 g/mol. The molecule has 0 aliphatic carbocycles. The van der Waals surface area contributed by atoms with E-state index in [1.807, 2.05) is 0 Å². The van der Waals surface area contributed by atoms with Crippen LogP contribution in [0.3, 0.4) is 0 Å². The third-order valence-corrected chi connectivity index (χ3v) is 2.73. The summed E-state index contributed by atoms with van der Waals surface area (Å²) in [5.41, 5.74) is 3.95. The summed E-state index contributed by atoms with van der Waals surface area (Å²) >= 11 is 0. The first kappa shape index (κ1) is 11.0. The molecule has 1 nitrogen and oxygen atoms in total. The second-order valence-corrected chi connectivity index (χ2v) is 3.85. The average Bonchev–Trinajstić information content (AvgIpc) is 2.19. The van der Waals surface area contributed by atoms with E-state index in [0.29, 0.717) is 12.3 Å². The molecule has 1 rings (SSSR count). The van der Waals surface area contributed by atoms with Gasteiger partial charge in [-0.15, -0.1) is 0 Å². The first-order valence-electron chi connectivity index (χ1n) is 5.22. The molecule has 0 heterocycles. The molecule has 0 spiro atoms. The summed E-state index contributed by atoms with van der Waals surface area (Å²) in [7, 11) is 0. The van der Waals surface area contributed by atoms with Crippen molar-refractivity contribution in [2.24, 2.45) is 0 Å². The Morgan fingerprint density at radius 2 is 2.14 bits per heavy atom. The van der Waals surface area contributed by atoms with E-state index in [2.05, 4.69) is 39.0 Å². The summed E-state index contributed by atoms with van der Waals surface area (Å²) in [6.45, 7) is 6.37. The lowest BCUT2D eigenvalue weighted by Crippen LogP contribution is -1.98. The number of hydrogen-bond donors (Lipinski definition) is 0. The van der Waals surface area contributed by atoms with Crippen molar-refractivity contribution in [3.63, 3.8) is 0 Å². The van der Waals surface area contributed by atoms with Gasteiger partial charge in [0.25, 0.3) is 0 Å². The molecule has 0 aliphatic rings. The number of aryl methyl sites for hydroxylation is 2. The molecule has 0 radical (unpaired) electrons. The van der Waals surface area contributed by atoms with Crippen LogP contribution < -0.4 is 0 Å². The van der Waals surface area contributed by atoms with Gasteiger partial charge in [-0.05, 0) is 36.0 Å². The molecule has 1 aromatic rings. The van der Waals surface area contributed by atoms with Gasteiger partial charge < -0.3 is 4.79 Å². The summed E-state index contributed by atoms with van der Waals surface area (Å²) in [5, 5.41) is 0. The number of carbonyl (C=O) groups excluding carboxylic acids is 1. The quantitative estimate of drug-likeness (QED) is 0.666. The number of aldehydes is 1. The molecule has 1 heteroatoms. The zero-order valence-electron chi connectivity index (χ0n) is 9.21. The number of rotatable bonds is 4. The van der Waals surface area contributed by atoms with E-state index in [-0.39, 0.29) is 0 Å². The molecular formula is C13H18O. The summed E-state index contributed by atoms with van der Waals surface area (Å²) in [6, 6.07) is 6.53. The summed E-state index contributed by atoms with van der Waals surface area (Å²) in [4.78, 5) is 10.5. The minimum atomic E-state index is 0.346. The van der Waals surface area contributed by atoms with Gasteiger partial charge in [0.2, 0.25) is 0 Å². The second-order valence-electron chi connectivity index (χ2n) is 3.85. The molecule has 0 saturated carbocycles. The van der Waals surface area contributed by atoms with E-state index in [1.54, 1.807) is 0 Å². The zero-order chi connectivity index (χ0) is 10.6. The Bertz CT molecular complexity index is 315. The molecule has 0 N–H and O–H groups in total. The molecule has 1 aromatic carbocycles. The molecule has 0 fully saturated rings. The molecule has 14 heavy (non-hydrogen) atoms. The van der Waals surface area contributed by atoms with E-state index in [0.717, 1.165) is 12.7 Å². The van der Waals surface area contributed by atoms with Crippen molar-refractivity contribution < 1.29 is 4.79 Å². The maximum absolute atomic E-state index is 10.5. The average molecular weight is 190 g/mol. The van der Waals surface area contributed by atoms with E-state index < -0.39 is 0 Å². The fourth-order valence-electron chi connectivity index (χ4n) is 1.71. The Kier molecular flexibility index (Phi) is 3.87. The Morgan fingerprint density at radius 1 is 1.43 bits per heavy atom. The monoisotopic (exact) mass is 190 g/mol. The van der Waals surface area contributed by atoms with Crippen LogP contribution in [0.15, 0.2) is 18.2 Å². The molecule has 1 atom stereocenters. The van der Waals surface area contributed by atoms with Crippen molar-refractivity contribution in [1.29, 1.82) is 0 Å². The van der Waals surface area contributed by atoms with Crippen LogP contribution in [-0.2, 0) is 11.2 Å². The van der Waals surface area contributed by atoms with Gasteiger partial charge in [-0.3, -0.25) is 0 Å². The van der Waals surface area contributed by atoms with Crippen LogP contribution in [0.5, 0.6) is 0 Å². The van der Waals surface area contributed by atoms with Gasteiger partial charge in [0.15, 0.2) is 0 Å². The Labute approximate surface area is 86.1 Å². The lowest BCUT2D eigenvalue weighted by molar-refractivity contribution is -0.108. The maximum Gasteiger partial charge on any atom is 0.120 e. The highest BCUT2D eigenvalue weighted by Crippen LogP contribution is 2.23.